The summed E-state index contributed by atoms with van der Waals surface area (Å²) >= 11 is 5.82. The zero-order valence-corrected chi connectivity index (χ0v) is 15.1. The highest BCUT2D eigenvalue weighted by molar-refractivity contribution is 6.30. The van der Waals surface area contributed by atoms with E-state index in [9.17, 15) is 18.0 Å². The maximum absolute atomic E-state index is 13.2. The van der Waals surface area contributed by atoms with Gasteiger partial charge in [0, 0.05) is 10.6 Å². The van der Waals surface area contributed by atoms with E-state index in [1.54, 1.807) is 24.3 Å². The molecule has 0 aliphatic carbocycles. The Morgan fingerprint density at radius 3 is 2.21 bits per heavy atom. The van der Waals surface area contributed by atoms with Crippen molar-refractivity contribution in [2.45, 2.75) is 6.18 Å². The first kappa shape index (κ1) is 19.6. The van der Waals surface area contributed by atoms with Gasteiger partial charge >= 0.3 is 18.2 Å². The number of carbonyl (C=O) groups excluding carboxylic acids is 1. The van der Waals surface area contributed by atoms with Gasteiger partial charge in [-0.3, -0.25) is 0 Å². The van der Waals surface area contributed by atoms with E-state index >= 15 is 0 Å². The van der Waals surface area contributed by atoms with Gasteiger partial charge in [-0.05, 0) is 42.5 Å². The molecule has 28 heavy (non-hydrogen) atoms. The fourth-order valence-corrected chi connectivity index (χ4v) is 2.39. The molecule has 0 radical (unpaired) electrons. The summed E-state index contributed by atoms with van der Waals surface area (Å²) in [5.41, 5.74) is -0.432. The Kier molecular flexibility index (Phi) is 5.51. The number of carbonyl (C=O) groups is 1. The molecule has 0 spiro atoms. The lowest BCUT2D eigenvalue weighted by Crippen LogP contribution is -2.10. The van der Waals surface area contributed by atoms with E-state index in [0.717, 1.165) is 6.07 Å². The Bertz CT molecular complexity index is 991. The van der Waals surface area contributed by atoms with Crippen LogP contribution in [0, 0.1) is 0 Å². The predicted molar refractivity (Wildman–Crippen MR) is 95.3 cm³/mol. The third-order valence-electron chi connectivity index (χ3n) is 3.62. The van der Waals surface area contributed by atoms with E-state index in [0.29, 0.717) is 10.6 Å². The number of hydrogen-bond acceptors (Lipinski definition) is 5. The molecule has 0 saturated heterocycles. The molecule has 0 amide bonds. The predicted octanol–water partition coefficient (Wildman–Crippen LogP) is 5.39. The maximum Gasteiger partial charge on any atom is 0.433 e. The monoisotopic (exact) mass is 408 g/mol. The number of rotatable bonds is 4. The van der Waals surface area contributed by atoms with E-state index in [2.05, 4.69) is 14.7 Å². The third kappa shape index (κ3) is 4.58. The lowest BCUT2D eigenvalue weighted by molar-refractivity contribution is -0.141. The van der Waals surface area contributed by atoms with Gasteiger partial charge in [-0.25, -0.2) is 4.79 Å². The van der Waals surface area contributed by atoms with Crippen LogP contribution in [-0.2, 0) is 10.9 Å². The van der Waals surface area contributed by atoms with Crippen molar-refractivity contribution in [1.82, 2.24) is 9.97 Å². The van der Waals surface area contributed by atoms with E-state index in [-0.39, 0.29) is 17.0 Å². The summed E-state index contributed by atoms with van der Waals surface area (Å²) in [7, 11) is 1.24. The molecular formula is C19H12ClF3N2O3. The maximum atomic E-state index is 13.2. The highest BCUT2D eigenvalue weighted by Crippen LogP contribution is 2.33. The topological polar surface area (TPSA) is 61.3 Å². The van der Waals surface area contributed by atoms with E-state index < -0.39 is 23.8 Å². The fraction of sp³-hybridized carbons (Fsp3) is 0.105. The molecule has 0 aliphatic heterocycles. The van der Waals surface area contributed by atoms with Crippen molar-refractivity contribution in [1.29, 1.82) is 0 Å². The highest BCUT2D eigenvalue weighted by Gasteiger charge is 2.34. The van der Waals surface area contributed by atoms with Crippen LogP contribution in [0.15, 0.2) is 54.6 Å². The number of hydrogen-bond donors (Lipinski definition) is 0. The number of benzene rings is 2. The molecule has 0 fully saturated rings. The fourth-order valence-electron chi connectivity index (χ4n) is 2.27. The van der Waals surface area contributed by atoms with Crippen LogP contribution in [-0.4, -0.2) is 23.0 Å². The molecule has 0 unspecified atom stereocenters. The molecule has 0 bridgehead atoms. The van der Waals surface area contributed by atoms with E-state index in [1.165, 1.54) is 31.4 Å². The van der Waals surface area contributed by atoms with Gasteiger partial charge in [-0.1, -0.05) is 23.7 Å². The Labute approximate surface area is 162 Å². The van der Waals surface area contributed by atoms with E-state index in [4.69, 9.17) is 16.3 Å². The number of ether oxygens (including phenoxy) is 2. The molecule has 0 atom stereocenters. The Morgan fingerprint density at radius 1 is 1.00 bits per heavy atom. The molecule has 144 valence electrons. The Balaban J connectivity index is 1.96. The van der Waals surface area contributed by atoms with E-state index in [1.807, 2.05) is 0 Å². The molecule has 1 heterocycles. The second-order valence-electron chi connectivity index (χ2n) is 5.54. The average molecular weight is 409 g/mol. The number of alkyl halides is 3. The SMILES string of the molecule is COC(=O)c1ccc(Oc2nc(-c3ccc(Cl)cc3)cc(C(F)(F)F)n2)cc1. The van der Waals surface area contributed by atoms with Crippen molar-refractivity contribution in [3.05, 3.63) is 70.9 Å². The zero-order chi connectivity index (χ0) is 20.3. The largest absolute Gasteiger partial charge is 0.465 e. The molecule has 0 aliphatic rings. The normalized spacial score (nSPS) is 11.2. The summed E-state index contributed by atoms with van der Waals surface area (Å²) in [5, 5.41) is 0.441. The number of nitrogens with zero attached hydrogens (tertiary/aromatic N) is 2. The number of methoxy groups -OCH3 is 1. The summed E-state index contributed by atoms with van der Waals surface area (Å²) in [6.45, 7) is 0. The summed E-state index contributed by atoms with van der Waals surface area (Å²) in [6, 6.07) is 12.1. The van der Waals surface area contributed by atoms with Crippen LogP contribution in [0.5, 0.6) is 11.8 Å². The van der Waals surface area contributed by atoms with Crippen LogP contribution in [0.2, 0.25) is 5.02 Å². The number of esters is 1. The Hall–Kier alpha value is -3.13. The first-order valence-electron chi connectivity index (χ1n) is 7.85. The number of halogens is 4. The van der Waals surface area contributed by atoms with Crippen LogP contribution in [0.25, 0.3) is 11.3 Å². The van der Waals surface area contributed by atoms with Gasteiger partial charge in [0.15, 0.2) is 5.69 Å². The first-order valence-corrected chi connectivity index (χ1v) is 8.22. The minimum Gasteiger partial charge on any atom is -0.465 e. The van der Waals surface area contributed by atoms with Gasteiger partial charge < -0.3 is 9.47 Å². The van der Waals surface area contributed by atoms with Crippen LogP contribution < -0.4 is 4.74 Å². The summed E-state index contributed by atoms with van der Waals surface area (Å²) in [5.74, 6) is -0.388. The minimum absolute atomic E-state index is 0.0279. The van der Waals surface area contributed by atoms with Crippen LogP contribution in [0.1, 0.15) is 16.1 Å². The lowest BCUT2D eigenvalue weighted by atomic mass is 10.1. The number of aromatic nitrogens is 2. The van der Waals surface area contributed by atoms with Crippen molar-refractivity contribution in [3.8, 4) is 23.0 Å². The highest BCUT2D eigenvalue weighted by atomic mass is 35.5. The molecule has 9 heteroatoms. The quantitative estimate of drug-likeness (QED) is 0.541. The summed E-state index contributed by atoms with van der Waals surface area (Å²) in [4.78, 5) is 18.9. The molecule has 0 N–H and O–H groups in total. The summed E-state index contributed by atoms with van der Waals surface area (Å²) in [6.07, 6.45) is -4.68. The second kappa shape index (κ2) is 7.85. The van der Waals surface area contributed by atoms with Gasteiger partial charge in [-0.2, -0.15) is 23.1 Å². The molecular weight excluding hydrogens is 397 g/mol. The van der Waals surface area contributed by atoms with Gasteiger partial charge in [0.1, 0.15) is 5.75 Å². The first-order chi connectivity index (χ1) is 13.3. The molecule has 2 aromatic carbocycles. The van der Waals surface area contributed by atoms with Crippen LogP contribution in [0.3, 0.4) is 0 Å². The van der Waals surface area contributed by atoms with Crippen molar-refractivity contribution >= 4 is 17.6 Å². The third-order valence-corrected chi connectivity index (χ3v) is 3.87. The zero-order valence-electron chi connectivity index (χ0n) is 14.3. The van der Waals surface area contributed by atoms with Crippen molar-refractivity contribution < 1.29 is 27.4 Å². The van der Waals surface area contributed by atoms with Gasteiger partial charge in [0.25, 0.3) is 0 Å². The second-order valence-corrected chi connectivity index (χ2v) is 5.98. The minimum atomic E-state index is -4.68. The smallest absolute Gasteiger partial charge is 0.433 e. The van der Waals surface area contributed by atoms with Crippen molar-refractivity contribution in [3.63, 3.8) is 0 Å². The molecule has 1 aromatic heterocycles. The summed E-state index contributed by atoms with van der Waals surface area (Å²) < 4.78 is 49.6. The van der Waals surface area contributed by atoms with Gasteiger partial charge in [-0.15, -0.1) is 0 Å². The standard InChI is InChI=1S/C19H12ClF3N2O3/c1-27-17(26)12-4-8-14(9-5-12)28-18-24-15(10-16(25-18)19(21,22)23)11-2-6-13(20)7-3-11/h2-10H,1H3. The van der Waals surface area contributed by atoms with Crippen LogP contribution in [0.4, 0.5) is 13.2 Å². The average Bonchev–Trinajstić information content (AvgIpc) is 2.67. The van der Waals surface area contributed by atoms with Crippen molar-refractivity contribution in [2.75, 3.05) is 7.11 Å². The molecule has 3 aromatic rings. The van der Waals surface area contributed by atoms with Crippen molar-refractivity contribution in [2.24, 2.45) is 0 Å². The van der Waals surface area contributed by atoms with Crippen LogP contribution >= 0.6 is 11.6 Å². The molecule has 3 rings (SSSR count). The molecule has 0 saturated carbocycles. The van der Waals surface area contributed by atoms with Gasteiger partial charge in [0.05, 0.1) is 18.4 Å². The lowest BCUT2D eigenvalue weighted by Gasteiger charge is -2.11. The molecule has 5 nitrogen and oxygen atoms in total. The van der Waals surface area contributed by atoms with Gasteiger partial charge in [0.2, 0.25) is 0 Å². The Morgan fingerprint density at radius 2 is 1.64 bits per heavy atom.